The Labute approximate surface area is 150 Å². The van der Waals surface area contributed by atoms with Crippen LogP contribution in [0.3, 0.4) is 0 Å². The maximum absolute atomic E-state index is 12.7. The molecule has 1 unspecified atom stereocenters. The zero-order chi connectivity index (χ0) is 17.1. The first-order valence-electron chi connectivity index (χ1n) is 7.64. The van der Waals surface area contributed by atoms with Gasteiger partial charge in [-0.2, -0.15) is 0 Å². The number of amides is 1. The van der Waals surface area contributed by atoms with Gasteiger partial charge in [-0.25, -0.2) is 0 Å². The summed E-state index contributed by atoms with van der Waals surface area (Å²) in [5, 5.41) is 14.1. The van der Waals surface area contributed by atoms with E-state index in [2.05, 4.69) is 15.3 Å². The second-order valence-electron chi connectivity index (χ2n) is 5.62. The van der Waals surface area contributed by atoms with E-state index < -0.39 is 4.92 Å². The van der Waals surface area contributed by atoms with E-state index in [1.807, 2.05) is 12.1 Å². The molecule has 1 N–H and O–H groups in total. The summed E-state index contributed by atoms with van der Waals surface area (Å²) in [5.41, 5.74) is 0.964. The number of aryl methyl sites for hydroxylation is 1. The lowest BCUT2D eigenvalue weighted by atomic mass is 10.1. The fourth-order valence-electron chi connectivity index (χ4n) is 2.85. The number of nitrogens with zero attached hydrogens (tertiary/aromatic N) is 5. The molecular weight excluding hydrogens is 348 g/mol. The van der Waals surface area contributed by atoms with E-state index in [1.54, 1.807) is 24.2 Å². The highest BCUT2D eigenvalue weighted by atomic mass is 35.5. The number of carbonyl (C=O) groups is 1. The van der Waals surface area contributed by atoms with Crippen LogP contribution in [-0.4, -0.2) is 49.9 Å². The van der Waals surface area contributed by atoms with Gasteiger partial charge in [0.25, 0.3) is 0 Å². The van der Waals surface area contributed by atoms with Crippen molar-refractivity contribution in [2.75, 3.05) is 19.6 Å². The van der Waals surface area contributed by atoms with Crippen molar-refractivity contribution in [1.29, 1.82) is 0 Å². The predicted molar refractivity (Wildman–Crippen MR) is 92.4 cm³/mol. The van der Waals surface area contributed by atoms with E-state index in [0.717, 1.165) is 5.56 Å². The summed E-state index contributed by atoms with van der Waals surface area (Å²) in [6, 6.07) is 3.69. The van der Waals surface area contributed by atoms with Gasteiger partial charge >= 0.3 is 5.82 Å². The number of nitro groups is 1. The zero-order valence-corrected chi connectivity index (χ0v) is 14.5. The molecule has 10 heteroatoms. The molecule has 134 valence electrons. The molecular formula is C15H19ClN6O3. The van der Waals surface area contributed by atoms with Gasteiger partial charge in [-0.05, 0) is 21.5 Å². The number of halogens is 1. The first kappa shape index (κ1) is 18.8. The quantitative estimate of drug-likeness (QED) is 0.641. The van der Waals surface area contributed by atoms with Crippen LogP contribution in [0.2, 0.25) is 0 Å². The monoisotopic (exact) mass is 366 g/mol. The van der Waals surface area contributed by atoms with Crippen molar-refractivity contribution in [3.8, 4) is 0 Å². The minimum Gasteiger partial charge on any atom is -0.358 e. The van der Waals surface area contributed by atoms with Crippen molar-refractivity contribution in [3.05, 3.63) is 52.2 Å². The average molecular weight is 367 g/mol. The number of hydrogen-bond acceptors (Lipinski definition) is 6. The van der Waals surface area contributed by atoms with Gasteiger partial charge in [-0.15, -0.1) is 12.4 Å². The average Bonchev–Trinajstić information content (AvgIpc) is 2.97. The number of imidazole rings is 1. The highest BCUT2D eigenvalue weighted by molar-refractivity contribution is 5.85. The molecule has 3 heterocycles. The summed E-state index contributed by atoms with van der Waals surface area (Å²) >= 11 is 0. The molecule has 1 fully saturated rings. The van der Waals surface area contributed by atoms with Gasteiger partial charge in [-0.3, -0.25) is 14.3 Å². The van der Waals surface area contributed by atoms with Crippen molar-refractivity contribution in [3.63, 3.8) is 0 Å². The number of nitrogens with one attached hydrogen (secondary N) is 1. The smallest absolute Gasteiger partial charge is 0.358 e. The summed E-state index contributed by atoms with van der Waals surface area (Å²) in [6.07, 6.45) is 4.75. The van der Waals surface area contributed by atoms with E-state index in [0.29, 0.717) is 25.5 Å². The van der Waals surface area contributed by atoms with E-state index in [9.17, 15) is 14.9 Å². The SMILES string of the molecule is Cc1nc([N+](=O)[O-])cn1CC(=O)N1CCNCC1c1cccnc1.Cl. The van der Waals surface area contributed by atoms with E-state index in [4.69, 9.17) is 0 Å². The van der Waals surface area contributed by atoms with Crippen molar-refractivity contribution in [2.45, 2.75) is 19.5 Å². The molecule has 1 aliphatic heterocycles. The summed E-state index contributed by atoms with van der Waals surface area (Å²) < 4.78 is 1.52. The van der Waals surface area contributed by atoms with E-state index in [1.165, 1.54) is 10.8 Å². The van der Waals surface area contributed by atoms with Crippen LogP contribution in [0.25, 0.3) is 0 Å². The van der Waals surface area contributed by atoms with Crippen LogP contribution in [-0.2, 0) is 11.3 Å². The van der Waals surface area contributed by atoms with Crippen LogP contribution >= 0.6 is 12.4 Å². The van der Waals surface area contributed by atoms with Crippen LogP contribution in [0.1, 0.15) is 17.4 Å². The largest absolute Gasteiger partial charge is 0.381 e. The van der Waals surface area contributed by atoms with Crippen molar-refractivity contribution in [2.24, 2.45) is 0 Å². The molecule has 2 aromatic heterocycles. The Balaban J connectivity index is 0.00000225. The van der Waals surface area contributed by atoms with Crippen LogP contribution in [0, 0.1) is 17.0 Å². The first-order valence-corrected chi connectivity index (χ1v) is 7.64. The molecule has 9 nitrogen and oxygen atoms in total. The Morgan fingerprint density at radius 2 is 2.32 bits per heavy atom. The Morgan fingerprint density at radius 1 is 1.52 bits per heavy atom. The molecule has 0 spiro atoms. The zero-order valence-electron chi connectivity index (χ0n) is 13.7. The molecule has 1 saturated heterocycles. The molecule has 1 aliphatic rings. The lowest BCUT2D eigenvalue weighted by Crippen LogP contribution is -2.49. The lowest BCUT2D eigenvalue weighted by Gasteiger charge is -2.36. The van der Waals surface area contributed by atoms with E-state index in [-0.39, 0.29) is 36.7 Å². The third-order valence-corrected chi connectivity index (χ3v) is 4.09. The Morgan fingerprint density at radius 3 is 2.96 bits per heavy atom. The minimum atomic E-state index is -0.558. The summed E-state index contributed by atoms with van der Waals surface area (Å²) in [6.45, 7) is 3.63. The number of hydrogen-bond donors (Lipinski definition) is 1. The van der Waals surface area contributed by atoms with Gasteiger partial charge < -0.3 is 20.3 Å². The van der Waals surface area contributed by atoms with Gasteiger partial charge in [-0.1, -0.05) is 6.07 Å². The number of carbonyl (C=O) groups excluding carboxylic acids is 1. The van der Waals surface area contributed by atoms with Crippen LogP contribution in [0.4, 0.5) is 5.82 Å². The third-order valence-electron chi connectivity index (χ3n) is 4.09. The maximum Gasteiger partial charge on any atom is 0.381 e. The highest BCUT2D eigenvalue weighted by Crippen LogP contribution is 2.22. The van der Waals surface area contributed by atoms with Crippen LogP contribution in [0.15, 0.2) is 30.7 Å². The second-order valence-corrected chi connectivity index (χ2v) is 5.62. The number of piperazine rings is 1. The van der Waals surface area contributed by atoms with Gasteiger partial charge in [0.2, 0.25) is 11.7 Å². The number of aromatic nitrogens is 3. The molecule has 1 amide bonds. The highest BCUT2D eigenvalue weighted by Gasteiger charge is 2.29. The fourth-order valence-corrected chi connectivity index (χ4v) is 2.85. The fraction of sp³-hybridized carbons (Fsp3) is 0.400. The van der Waals surface area contributed by atoms with Crippen molar-refractivity contribution in [1.82, 2.24) is 24.8 Å². The Hall–Kier alpha value is -2.52. The predicted octanol–water partition coefficient (Wildman–Crippen LogP) is 1.09. The topological polar surface area (TPSA) is 106 Å². The molecule has 0 saturated carbocycles. The number of rotatable bonds is 4. The summed E-state index contributed by atoms with van der Waals surface area (Å²) in [7, 11) is 0. The molecule has 2 aromatic rings. The second kappa shape index (κ2) is 8.04. The van der Waals surface area contributed by atoms with Gasteiger partial charge in [0, 0.05) is 39.0 Å². The molecule has 0 aliphatic carbocycles. The minimum absolute atomic E-state index is 0. The maximum atomic E-state index is 12.7. The van der Waals surface area contributed by atoms with Gasteiger partial charge in [0.15, 0.2) is 0 Å². The summed E-state index contributed by atoms with van der Waals surface area (Å²) in [5.74, 6) is 0.105. The molecule has 0 radical (unpaired) electrons. The number of pyridine rings is 1. The van der Waals surface area contributed by atoms with Crippen molar-refractivity contribution < 1.29 is 9.72 Å². The van der Waals surface area contributed by atoms with Crippen molar-refractivity contribution >= 4 is 24.1 Å². The third kappa shape index (κ3) is 4.12. The molecule has 1 atom stereocenters. The van der Waals surface area contributed by atoms with Gasteiger partial charge in [0.05, 0.1) is 6.04 Å². The summed E-state index contributed by atoms with van der Waals surface area (Å²) in [4.78, 5) is 32.8. The molecule has 0 aromatic carbocycles. The Bertz CT molecular complexity index is 751. The van der Waals surface area contributed by atoms with Crippen LogP contribution < -0.4 is 5.32 Å². The van der Waals surface area contributed by atoms with E-state index >= 15 is 0 Å². The van der Waals surface area contributed by atoms with Crippen LogP contribution in [0.5, 0.6) is 0 Å². The lowest BCUT2D eigenvalue weighted by molar-refractivity contribution is -0.389. The normalized spacial score (nSPS) is 17.0. The molecule has 3 rings (SSSR count). The molecule has 25 heavy (non-hydrogen) atoms. The molecule has 0 bridgehead atoms. The standard InChI is InChI=1S/C15H18N6O3.ClH/c1-11-18-14(21(23)24)9-19(11)10-15(22)20-6-5-17-8-13(20)12-3-2-4-16-7-12;/h2-4,7,9,13,17H,5-6,8,10H2,1H3;1H. The Kier molecular flexibility index (Phi) is 6.05. The first-order chi connectivity index (χ1) is 11.6. The van der Waals surface area contributed by atoms with Gasteiger partial charge in [0.1, 0.15) is 12.7 Å².